The van der Waals surface area contributed by atoms with E-state index in [9.17, 15) is 18.3 Å². The molecule has 0 aliphatic carbocycles. The number of rotatable bonds is 3. The number of thiocarbonyl (C=S) groups is 1. The maximum Gasteiger partial charge on any atom is 0.348 e. The second-order valence-electron chi connectivity index (χ2n) is 2.74. The summed E-state index contributed by atoms with van der Waals surface area (Å²) in [6, 6.07) is 3.54. The number of nitrogens with two attached hydrogens (primary N) is 1. The van der Waals surface area contributed by atoms with Gasteiger partial charge >= 0.3 is 15.4 Å². The van der Waals surface area contributed by atoms with Gasteiger partial charge in [-0.3, -0.25) is 0 Å². The van der Waals surface area contributed by atoms with Gasteiger partial charge in [0.05, 0.1) is 10.6 Å². The lowest BCUT2D eigenvalue weighted by molar-refractivity contribution is 0.522. The summed E-state index contributed by atoms with van der Waals surface area (Å²) < 4.78 is 43.0. The highest BCUT2D eigenvalue weighted by molar-refractivity contribution is 7.80. The first-order valence-electron chi connectivity index (χ1n) is 3.90. The Morgan fingerprint density at radius 1 is 1.06 bits per heavy atom. The second kappa shape index (κ2) is 5.16. The third-order valence-electron chi connectivity index (χ3n) is 1.59. The zero-order valence-electron chi connectivity index (χ0n) is 7.75. The molecular formula is C7H6N2O4P2S. The normalized spacial score (nSPS) is 9.50. The molecule has 0 aliphatic heterocycles. The van der Waals surface area contributed by atoms with Crippen LogP contribution in [0.4, 0.5) is 5.69 Å². The van der Waals surface area contributed by atoms with E-state index in [1.54, 1.807) is 0 Å². The lowest BCUT2D eigenvalue weighted by atomic mass is 10.3. The molecule has 0 aliphatic rings. The number of hydrogen-bond donors (Lipinski definition) is 2. The minimum absolute atomic E-state index is 0.0784. The van der Waals surface area contributed by atoms with Gasteiger partial charge in [-0.1, -0.05) is 0 Å². The molecule has 0 aromatic heterocycles. The fraction of sp³-hybridized carbons (Fsp3) is 0. The molecule has 9 heteroatoms. The van der Waals surface area contributed by atoms with Crippen LogP contribution in [-0.2, 0) is 18.3 Å². The molecule has 0 atom stereocenters. The van der Waals surface area contributed by atoms with Crippen molar-refractivity contribution >= 4 is 49.0 Å². The lowest BCUT2D eigenvalue weighted by Crippen LogP contribution is -2.20. The van der Waals surface area contributed by atoms with Crippen LogP contribution in [0, 0.1) is 0 Å². The topological polar surface area (TPSA) is 106 Å². The monoisotopic (exact) mass is 276 g/mol. The molecular weight excluding hydrogens is 270 g/mol. The van der Waals surface area contributed by atoms with Crippen molar-refractivity contribution in [2.45, 2.75) is 0 Å². The zero-order chi connectivity index (χ0) is 12.3. The minimum Gasteiger partial charge on any atom is -0.376 e. The van der Waals surface area contributed by atoms with Crippen LogP contribution in [0.15, 0.2) is 18.2 Å². The smallest absolute Gasteiger partial charge is 0.348 e. The number of benzene rings is 1. The number of nitrogens with one attached hydrogen (secondary N) is 1. The molecule has 3 N–H and O–H groups in total. The van der Waals surface area contributed by atoms with Crippen LogP contribution in [-0.4, -0.2) is 5.11 Å². The van der Waals surface area contributed by atoms with Crippen molar-refractivity contribution in [1.82, 2.24) is 0 Å². The molecule has 1 rings (SSSR count). The minimum atomic E-state index is -2.87. The molecule has 16 heavy (non-hydrogen) atoms. The summed E-state index contributed by atoms with van der Waals surface area (Å²) in [5.74, 6) is 0. The number of anilines is 1. The Labute approximate surface area is 96.9 Å². The van der Waals surface area contributed by atoms with Crippen LogP contribution in [0.25, 0.3) is 0 Å². The van der Waals surface area contributed by atoms with E-state index in [0.29, 0.717) is 0 Å². The summed E-state index contributed by atoms with van der Waals surface area (Å²) in [4.78, 5) is 0. The van der Waals surface area contributed by atoms with Crippen LogP contribution in [0.2, 0.25) is 0 Å². The molecule has 1 aromatic carbocycles. The van der Waals surface area contributed by atoms with Crippen molar-refractivity contribution in [3.63, 3.8) is 0 Å². The summed E-state index contributed by atoms with van der Waals surface area (Å²) in [5.41, 5.74) is 5.42. The van der Waals surface area contributed by atoms with E-state index >= 15 is 0 Å². The van der Waals surface area contributed by atoms with Gasteiger partial charge in [0.15, 0.2) is 5.11 Å². The van der Waals surface area contributed by atoms with Crippen LogP contribution < -0.4 is 21.7 Å². The Hall–Kier alpha value is -1.29. The van der Waals surface area contributed by atoms with Crippen molar-refractivity contribution in [3.05, 3.63) is 18.2 Å². The van der Waals surface area contributed by atoms with E-state index in [2.05, 4.69) is 17.5 Å². The highest BCUT2D eigenvalue weighted by Crippen LogP contribution is 2.14. The molecule has 0 bridgehead atoms. The quantitative estimate of drug-likeness (QED) is 0.625. The molecule has 0 amide bonds. The first-order chi connectivity index (χ1) is 7.40. The highest BCUT2D eigenvalue weighted by atomic mass is 32.1. The third-order valence-corrected chi connectivity index (χ3v) is 3.05. The van der Waals surface area contributed by atoms with Gasteiger partial charge in [-0.05, 0) is 30.4 Å². The van der Waals surface area contributed by atoms with Crippen molar-refractivity contribution in [3.8, 4) is 0 Å². The van der Waals surface area contributed by atoms with Crippen LogP contribution >= 0.6 is 27.6 Å². The molecule has 84 valence electrons. The fourth-order valence-corrected chi connectivity index (χ4v) is 2.22. The molecule has 0 unspecified atom stereocenters. The van der Waals surface area contributed by atoms with Gasteiger partial charge in [0, 0.05) is 5.69 Å². The summed E-state index contributed by atoms with van der Waals surface area (Å²) >= 11 is 4.56. The van der Waals surface area contributed by atoms with Crippen LogP contribution in [0.1, 0.15) is 0 Å². The summed E-state index contributed by atoms with van der Waals surface area (Å²) in [6.07, 6.45) is 0. The van der Waals surface area contributed by atoms with Gasteiger partial charge in [-0.15, -0.1) is 0 Å². The van der Waals surface area contributed by atoms with Crippen molar-refractivity contribution in [1.29, 1.82) is 0 Å². The molecule has 0 radical (unpaired) electrons. The van der Waals surface area contributed by atoms with E-state index in [4.69, 9.17) is 5.73 Å². The SMILES string of the molecule is NC(=S)Nc1cc(P(=O)=O)cc(P(=O)=O)c1. The largest absolute Gasteiger partial charge is 0.376 e. The van der Waals surface area contributed by atoms with Crippen LogP contribution in [0.5, 0.6) is 0 Å². The summed E-state index contributed by atoms with van der Waals surface area (Å²) in [5, 5.41) is 2.15. The fourth-order valence-electron chi connectivity index (χ4n) is 1.02. The zero-order valence-corrected chi connectivity index (χ0v) is 10.4. The molecule has 1 aromatic rings. The lowest BCUT2D eigenvalue weighted by Gasteiger charge is -2.04. The first-order valence-corrected chi connectivity index (χ1v) is 6.67. The van der Waals surface area contributed by atoms with E-state index in [1.165, 1.54) is 12.1 Å². The first kappa shape index (κ1) is 12.8. The van der Waals surface area contributed by atoms with Gasteiger partial charge in [0.25, 0.3) is 0 Å². The van der Waals surface area contributed by atoms with Crippen molar-refractivity contribution in [2.75, 3.05) is 5.32 Å². The summed E-state index contributed by atoms with van der Waals surface area (Å²) in [7, 11) is -5.74. The Kier molecular flexibility index (Phi) is 4.12. The van der Waals surface area contributed by atoms with Crippen LogP contribution in [0.3, 0.4) is 0 Å². The molecule has 0 heterocycles. The standard InChI is InChI=1S/C7H6N2O4P2S/c8-7(16)9-4-1-5(14(10)11)3-6(2-4)15(12)13/h1-3H,(H3,8,9,16). The van der Waals surface area contributed by atoms with Gasteiger partial charge < -0.3 is 11.1 Å². The molecule has 0 fully saturated rings. The molecule has 0 saturated carbocycles. The molecule has 6 nitrogen and oxygen atoms in total. The maximum absolute atomic E-state index is 10.8. The summed E-state index contributed by atoms with van der Waals surface area (Å²) in [6.45, 7) is 0. The van der Waals surface area contributed by atoms with E-state index in [0.717, 1.165) is 6.07 Å². The maximum atomic E-state index is 10.8. The second-order valence-corrected chi connectivity index (χ2v) is 5.24. The van der Waals surface area contributed by atoms with Gasteiger partial charge in [0.1, 0.15) is 0 Å². The average molecular weight is 276 g/mol. The predicted octanol–water partition coefficient (Wildman–Crippen LogP) is 0.938. The Balaban J connectivity index is 3.34. The molecule has 0 saturated heterocycles. The highest BCUT2D eigenvalue weighted by Gasteiger charge is 2.08. The van der Waals surface area contributed by atoms with E-state index < -0.39 is 15.4 Å². The Morgan fingerprint density at radius 2 is 1.50 bits per heavy atom. The Morgan fingerprint density at radius 3 is 1.81 bits per heavy atom. The van der Waals surface area contributed by atoms with Crippen molar-refractivity contribution < 1.29 is 18.3 Å². The molecule has 0 spiro atoms. The van der Waals surface area contributed by atoms with Gasteiger partial charge in [0.2, 0.25) is 0 Å². The van der Waals surface area contributed by atoms with Gasteiger partial charge in [-0.2, -0.15) is 0 Å². The van der Waals surface area contributed by atoms with E-state index in [-0.39, 0.29) is 21.4 Å². The van der Waals surface area contributed by atoms with Gasteiger partial charge in [-0.25, -0.2) is 18.3 Å². The Bertz CT molecular complexity index is 523. The van der Waals surface area contributed by atoms with Crippen molar-refractivity contribution in [2.24, 2.45) is 5.73 Å². The average Bonchev–Trinajstić information content (AvgIpc) is 2.15. The predicted molar refractivity (Wildman–Crippen MR) is 62.7 cm³/mol. The number of hydrogen-bond acceptors (Lipinski definition) is 5. The third kappa shape index (κ3) is 3.38. The van der Waals surface area contributed by atoms with E-state index in [1.807, 2.05) is 0 Å².